The van der Waals surface area contributed by atoms with Gasteiger partial charge in [0.2, 0.25) is 0 Å². The first-order chi connectivity index (χ1) is 12.2. The molecule has 3 aromatic heterocycles. The fourth-order valence-electron chi connectivity index (χ4n) is 2.81. The number of amides is 1. The van der Waals surface area contributed by atoms with E-state index < -0.39 is 0 Å². The minimum atomic E-state index is -0.00660. The van der Waals surface area contributed by atoms with Gasteiger partial charge in [0.05, 0.1) is 10.6 Å². The molecule has 1 saturated heterocycles. The van der Waals surface area contributed by atoms with E-state index in [0.717, 1.165) is 29.0 Å². The molecule has 0 unspecified atom stereocenters. The average Bonchev–Trinajstić information content (AvgIpc) is 3.36. The average molecular weight is 394 g/mol. The minimum absolute atomic E-state index is 0.00660. The zero-order valence-electron chi connectivity index (χ0n) is 13.4. The highest BCUT2D eigenvalue weighted by Gasteiger charge is 2.24. The third-order valence-corrected chi connectivity index (χ3v) is 6.20. The summed E-state index contributed by atoms with van der Waals surface area (Å²) in [6, 6.07) is 7.66. The molecule has 1 amide bonds. The summed E-state index contributed by atoms with van der Waals surface area (Å²) in [5.74, 6) is 0.691. The monoisotopic (exact) mass is 393 g/mol. The highest BCUT2D eigenvalue weighted by molar-refractivity contribution is 7.16. The highest BCUT2D eigenvalue weighted by Crippen LogP contribution is 2.25. The van der Waals surface area contributed by atoms with Crippen molar-refractivity contribution >= 4 is 40.2 Å². The van der Waals surface area contributed by atoms with Crippen molar-refractivity contribution in [3.8, 4) is 10.8 Å². The summed E-state index contributed by atoms with van der Waals surface area (Å²) in [7, 11) is 0. The first kappa shape index (κ1) is 16.8. The number of nitrogens with zero attached hydrogens (tertiary/aromatic N) is 3. The van der Waals surface area contributed by atoms with Crippen molar-refractivity contribution in [2.24, 2.45) is 0 Å². The first-order valence-electron chi connectivity index (χ1n) is 7.94. The molecule has 8 heteroatoms. The predicted molar refractivity (Wildman–Crippen MR) is 100 cm³/mol. The second-order valence-corrected chi connectivity index (χ2v) is 8.45. The minimum Gasteiger partial charge on any atom is -0.462 e. The van der Waals surface area contributed by atoms with Crippen LogP contribution < -0.4 is 0 Å². The van der Waals surface area contributed by atoms with Crippen LogP contribution >= 0.6 is 34.3 Å². The molecule has 1 aliphatic heterocycles. The van der Waals surface area contributed by atoms with E-state index in [-0.39, 0.29) is 5.91 Å². The molecular formula is C17H16ClN3O2S2. The zero-order valence-corrected chi connectivity index (χ0v) is 15.7. The van der Waals surface area contributed by atoms with Gasteiger partial charge in [-0.1, -0.05) is 11.6 Å². The van der Waals surface area contributed by atoms with Crippen molar-refractivity contribution in [2.75, 3.05) is 26.2 Å². The van der Waals surface area contributed by atoms with Crippen LogP contribution in [0.2, 0.25) is 4.34 Å². The Bertz CT molecular complexity index is 851. The lowest BCUT2D eigenvalue weighted by Crippen LogP contribution is -2.48. The number of carbonyl (C=O) groups is 1. The molecule has 4 heterocycles. The van der Waals surface area contributed by atoms with Gasteiger partial charge in [0.15, 0.2) is 10.8 Å². The summed E-state index contributed by atoms with van der Waals surface area (Å²) in [6.07, 6.45) is 1.61. The predicted octanol–water partition coefficient (Wildman–Crippen LogP) is 4.08. The maximum atomic E-state index is 12.7. The van der Waals surface area contributed by atoms with Gasteiger partial charge in [-0.2, -0.15) is 0 Å². The molecule has 5 nitrogen and oxygen atoms in total. The van der Waals surface area contributed by atoms with Gasteiger partial charge in [-0.05, 0) is 24.3 Å². The largest absolute Gasteiger partial charge is 0.462 e. The molecule has 25 heavy (non-hydrogen) atoms. The quantitative estimate of drug-likeness (QED) is 0.670. The van der Waals surface area contributed by atoms with Gasteiger partial charge in [-0.25, -0.2) is 4.98 Å². The van der Waals surface area contributed by atoms with E-state index in [9.17, 15) is 4.79 Å². The summed E-state index contributed by atoms with van der Waals surface area (Å²) in [6.45, 7) is 4.03. The third-order valence-electron chi connectivity index (χ3n) is 4.12. The van der Waals surface area contributed by atoms with Crippen LogP contribution in [0.5, 0.6) is 0 Å². The Labute approximate surface area is 158 Å². The second-order valence-electron chi connectivity index (χ2n) is 5.79. The highest BCUT2D eigenvalue weighted by atomic mass is 35.5. The summed E-state index contributed by atoms with van der Waals surface area (Å²) in [5, 5.41) is 2.54. The van der Waals surface area contributed by atoms with Gasteiger partial charge in [-0.3, -0.25) is 9.69 Å². The van der Waals surface area contributed by atoms with Crippen molar-refractivity contribution in [3.63, 3.8) is 0 Å². The summed E-state index contributed by atoms with van der Waals surface area (Å²) in [4.78, 5) is 22.6. The molecule has 130 valence electrons. The van der Waals surface area contributed by atoms with Crippen molar-refractivity contribution in [2.45, 2.75) is 6.54 Å². The number of thiazole rings is 1. The van der Waals surface area contributed by atoms with Crippen LogP contribution in [0.4, 0.5) is 0 Å². The van der Waals surface area contributed by atoms with Crippen LogP contribution in [-0.2, 0) is 6.54 Å². The van der Waals surface area contributed by atoms with Crippen molar-refractivity contribution in [1.29, 1.82) is 0 Å². The molecule has 0 aliphatic carbocycles. The Morgan fingerprint density at radius 3 is 2.76 bits per heavy atom. The fourth-order valence-corrected chi connectivity index (χ4v) is 4.70. The third kappa shape index (κ3) is 3.79. The molecule has 0 bridgehead atoms. The SMILES string of the molecule is O=C(c1csc(-c2ccco2)n1)N1CCN(Cc2ccc(Cl)s2)CC1. The first-order valence-corrected chi connectivity index (χ1v) is 10.0. The standard InChI is InChI=1S/C17H16ClN3O2S2/c18-15-4-3-12(25-15)10-20-5-7-21(8-6-20)17(22)13-11-24-16(19-13)14-2-1-9-23-14/h1-4,9,11H,5-8,10H2. The fraction of sp³-hybridized carbons (Fsp3) is 0.294. The Kier molecular flexibility index (Phi) is 4.89. The maximum Gasteiger partial charge on any atom is 0.273 e. The van der Waals surface area contributed by atoms with E-state index in [1.54, 1.807) is 23.0 Å². The van der Waals surface area contributed by atoms with Crippen LogP contribution in [0.1, 0.15) is 15.4 Å². The molecule has 1 fully saturated rings. The molecule has 0 spiro atoms. The van der Waals surface area contributed by atoms with E-state index in [1.807, 2.05) is 23.1 Å². The van der Waals surface area contributed by atoms with Gasteiger partial charge in [-0.15, -0.1) is 22.7 Å². The normalized spacial score (nSPS) is 15.6. The number of hydrogen-bond acceptors (Lipinski definition) is 6. The van der Waals surface area contributed by atoms with Crippen LogP contribution in [0.15, 0.2) is 40.3 Å². The number of furan rings is 1. The van der Waals surface area contributed by atoms with E-state index in [0.29, 0.717) is 24.5 Å². The van der Waals surface area contributed by atoms with Gasteiger partial charge >= 0.3 is 0 Å². The maximum absolute atomic E-state index is 12.7. The molecule has 3 aromatic rings. The number of halogens is 1. The van der Waals surface area contributed by atoms with Crippen LogP contribution in [0, 0.1) is 0 Å². The zero-order chi connectivity index (χ0) is 17.2. The number of rotatable bonds is 4. The van der Waals surface area contributed by atoms with E-state index in [2.05, 4.69) is 16.0 Å². The number of aromatic nitrogens is 1. The second kappa shape index (κ2) is 7.29. The van der Waals surface area contributed by atoms with Crippen LogP contribution in [0.3, 0.4) is 0 Å². The molecule has 0 N–H and O–H groups in total. The molecule has 0 aromatic carbocycles. The van der Waals surface area contributed by atoms with Crippen molar-refractivity contribution in [1.82, 2.24) is 14.8 Å². The molecular weight excluding hydrogens is 378 g/mol. The Morgan fingerprint density at radius 1 is 1.24 bits per heavy atom. The summed E-state index contributed by atoms with van der Waals surface area (Å²) >= 11 is 9.03. The Balaban J connectivity index is 1.35. The number of carbonyl (C=O) groups excluding carboxylic acids is 1. The molecule has 0 radical (unpaired) electrons. The van der Waals surface area contributed by atoms with E-state index >= 15 is 0 Å². The van der Waals surface area contributed by atoms with Gasteiger partial charge in [0, 0.05) is 43.0 Å². The summed E-state index contributed by atoms with van der Waals surface area (Å²) < 4.78 is 6.16. The van der Waals surface area contributed by atoms with E-state index in [1.165, 1.54) is 16.2 Å². The topological polar surface area (TPSA) is 49.6 Å². The van der Waals surface area contributed by atoms with Gasteiger partial charge < -0.3 is 9.32 Å². The number of hydrogen-bond donors (Lipinski definition) is 0. The molecule has 1 aliphatic rings. The van der Waals surface area contributed by atoms with Crippen molar-refractivity contribution < 1.29 is 9.21 Å². The molecule has 0 atom stereocenters. The number of thiophene rings is 1. The lowest BCUT2D eigenvalue weighted by Gasteiger charge is -2.34. The lowest BCUT2D eigenvalue weighted by molar-refractivity contribution is 0.0625. The number of piperazine rings is 1. The smallest absolute Gasteiger partial charge is 0.273 e. The summed E-state index contributed by atoms with van der Waals surface area (Å²) in [5.41, 5.74) is 0.495. The van der Waals surface area contributed by atoms with Crippen LogP contribution in [0.25, 0.3) is 10.8 Å². The molecule has 0 saturated carbocycles. The Morgan fingerprint density at radius 2 is 2.08 bits per heavy atom. The molecule has 4 rings (SSSR count). The van der Waals surface area contributed by atoms with Gasteiger partial charge in [0.25, 0.3) is 5.91 Å². The van der Waals surface area contributed by atoms with Gasteiger partial charge in [0.1, 0.15) is 5.69 Å². The van der Waals surface area contributed by atoms with E-state index in [4.69, 9.17) is 16.0 Å². The lowest BCUT2D eigenvalue weighted by atomic mass is 10.2. The van der Waals surface area contributed by atoms with Crippen molar-refractivity contribution in [3.05, 3.63) is 50.8 Å². The van der Waals surface area contributed by atoms with Crippen LogP contribution in [-0.4, -0.2) is 46.9 Å². The Hall–Kier alpha value is -1.67.